The van der Waals surface area contributed by atoms with Crippen LogP contribution in [0.2, 0.25) is 0 Å². The quantitative estimate of drug-likeness (QED) is 0.581. The summed E-state index contributed by atoms with van der Waals surface area (Å²) in [6.45, 7) is -0.0605. The molecule has 0 aliphatic heterocycles. The number of rotatable bonds is 10. The summed E-state index contributed by atoms with van der Waals surface area (Å²) in [5, 5.41) is 0. The fraction of sp³-hybridized carbons (Fsp3) is 0.333. The topological polar surface area (TPSA) is 36.9 Å². The first-order valence-corrected chi connectivity index (χ1v) is 8.68. The first-order chi connectivity index (χ1) is 12.2. The minimum Gasteiger partial charge on any atom is -0.464 e. The van der Waals surface area contributed by atoms with Crippen molar-refractivity contribution in [2.24, 2.45) is 0 Å². The molecule has 0 saturated carbocycles. The molecule has 0 fully saturated rings. The number of thioether (sulfide) groups is 1. The minimum atomic E-state index is -0.440. The van der Waals surface area contributed by atoms with Crippen molar-refractivity contribution in [2.45, 2.75) is 11.5 Å². The van der Waals surface area contributed by atoms with Crippen molar-refractivity contribution in [3.8, 4) is 11.5 Å². The van der Waals surface area contributed by atoms with Gasteiger partial charge in [-0.3, -0.25) is 0 Å². The maximum absolute atomic E-state index is 13.9. The molecule has 0 saturated heterocycles. The molecule has 0 bridgehead atoms. The van der Waals surface area contributed by atoms with E-state index in [1.165, 1.54) is 38.1 Å². The van der Waals surface area contributed by atoms with Gasteiger partial charge in [-0.25, -0.2) is 8.78 Å². The van der Waals surface area contributed by atoms with E-state index in [1.807, 2.05) is 0 Å². The van der Waals surface area contributed by atoms with Crippen LogP contribution in [0.4, 0.5) is 8.78 Å². The molecule has 4 nitrogen and oxygen atoms in total. The Labute approximate surface area is 150 Å². The Morgan fingerprint density at radius 2 is 1.20 bits per heavy atom. The van der Waals surface area contributed by atoms with Crippen LogP contribution in [-0.4, -0.2) is 27.8 Å². The third kappa shape index (κ3) is 5.59. The van der Waals surface area contributed by atoms with Gasteiger partial charge in [0.05, 0.1) is 0 Å². The molecule has 25 heavy (non-hydrogen) atoms. The summed E-state index contributed by atoms with van der Waals surface area (Å²) >= 11 is 1.50. The number of hydrogen-bond donors (Lipinski definition) is 0. The standard InChI is InChI=1S/C18H20F2O4S/c1-21-11-23-17-13(5-3-7-15(17)19)9-25-10-14-6-4-8-16(20)18(14)24-12-22-2/h3-8H,9-12H2,1-2H3. The van der Waals surface area contributed by atoms with Crippen LogP contribution < -0.4 is 9.47 Å². The molecule has 0 radical (unpaired) electrons. The fourth-order valence-electron chi connectivity index (χ4n) is 2.16. The zero-order valence-electron chi connectivity index (χ0n) is 14.1. The van der Waals surface area contributed by atoms with Gasteiger partial charge in [0.2, 0.25) is 0 Å². The van der Waals surface area contributed by atoms with Gasteiger partial charge in [0.15, 0.2) is 36.7 Å². The zero-order chi connectivity index (χ0) is 18.1. The highest BCUT2D eigenvalue weighted by molar-refractivity contribution is 7.97. The fourth-order valence-corrected chi connectivity index (χ4v) is 3.16. The maximum Gasteiger partial charge on any atom is 0.188 e. The molecule has 0 aliphatic rings. The number of methoxy groups -OCH3 is 2. The first kappa shape index (κ1) is 19.5. The maximum atomic E-state index is 13.9. The summed E-state index contributed by atoms with van der Waals surface area (Å²) in [6, 6.07) is 9.50. The zero-order valence-corrected chi connectivity index (χ0v) is 14.9. The van der Waals surface area contributed by atoms with Crippen molar-refractivity contribution in [3.05, 3.63) is 59.2 Å². The van der Waals surface area contributed by atoms with Gasteiger partial charge in [-0.05, 0) is 12.1 Å². The van der Waals surface area contributed by atoms with E-state index in [-0.39, 0.29) is 25.1 Å². The normalized spacial score (nSPS) is 10.7. The van der Waals surface area contributed by atoms with Gasteiger partial charge in [0.25, 0.3) is 0 Å². The monoisotopic (exact) mass is 370 g/mol. The molecule has 0 heterocycles. The molecular weight excluding hydrogens is 350 g/mol. The summed E-state index contributed by atoms with van der Waals surface area (Å²) in [6.07, 6.45) is 0. The smallest absolute Gasteiger partial charge is 0.188 e. The summed E-state index contributed by atoms with van der Waals surface area (Å²) in [4.78, 5) is 0. The predicted octanol–water partition coefficient (Wildman–Crippen LogP) is 4.36. The van der Waals surface area contributed by atoms with Gasteiger partial charge in [0, 0.05) is 36.9 Å². The average molecular weight is 370 g/mol. The van der Waals surface area contributed by atoms with Gasteiger partial charge in [-0.15, -0.1) is 0 Å². The number of halogens is 2. The van der Waals surface area contributed by atoms with Crippen LogP contribution in [0.3, 0.4) is 0 Å². The number of hydrogen-bond acceptors (Lipinski definition) is 5. The number of ether oxygens (including phenoxy) is 4. The van der Waals surface area contributed by atoms with Gasteiger partial charge in [-0.2, -0.15) is 11.8 Å². The Kier molecular flexibility index (Phi) is 7.97. The van der Waals surface area contributed by atoms with E-state index in [0.29, 0.717) is 22.6 Å². The molecule has 7 heteroatoms. The summed E-state index contributed by atoms with van der Waals surface area (Å²) in [5.41, 5.74) is 1.41. The SMILES string of the molecule is COCOc1c(F)cccc1CSCc1cccc(F)c1OCOC. The Morgan fingerprint density at radius 1 is 0.760 bits per heavy atom. The summed E-state index contributed by atoms with van der Waals surface area (Å²) < 4.78 is 48.1. The molecule has 0 unspecified atom stereocenters. The van der Waals surface area contributed by atoms with Crippen molar-refractivity contribution < 1.29 is 27.7 Å². The Balaban J connectivity index is 2.04. The highest BCUT2D eigenvalue weighted by Crippen LogP contribution is 2.31. The van der Waals surface area contributed by atoms with Crippen molar-refractivity contribution in [2.75, 3.05) is 27.8 Å². The lowest BCUT2D eigenvalue weighted by Crippen LogP contribution is -2.04. The lowest BCUT2D eigenvalue weighted by Gasteiger charge is -2.13. The van der Waals surface area contributed by atoms with Crippen LogP contribution in [-0.2, 0) is 21.0 Å². The van der Waals surface area contributed by atoms with E-state index in [1.54, 1.807) is 24.3 Å². The van der Waals surface area contributed by atoms with E-state index in [4.69, 9.17) is 18.9 Å². The molecule has 0 atom stereocenters. The van der Waals surface area contributed by atoms with E-state index >= 15 is 0 Å². The van der Waals surface area contributed by atoms with Crippen LogP contribution in [0.1, 0.15) is 11.1 Å². The third-order valence-electron chi connectivity index (χ3n) is 3.25. The Bertz CT molecular complexity index is 625. The van der Waals surface area contributed by atoms with E-state index in [9.17, 15) is 8.78 Å². The number of para-hydroxylation sites is 2. The van der Waals surface area contributed by atoms with E-state index in [0.717, 1.165) is 0 Å². The molecule has 2 aromatic carbocycles. The Hall–Kier alpha value is -1.83. The van der Waals surface area contributed by atoms with Gasteiger partial charge >= 0.3 is 0 Å². The van der Waals surface area contributed by atoms with Crippen molar-refractivity contribution >= 4 is 11.8 Å². The lowest BCUT2D eigenvalue weighted by atomic mass is 10.2. The predicted molar refractivity (Wildman–Crippen MR) is 92.8 cm³/mol. The molecule has 0 aliphatic carbocycles. The first-order valence-electron chi connectivity index (χ1n) is 7.53. The van der Waals surface area contributed by atoms with E-state index < -0.39 is 11.6 Å². The van der Waals surface area contributed by atoms with Crippen molar-refractivity contribution in [1.29, 1.82) is 0 Å². The molecule has 0 spiro atoms. The molecule has 2 aromatic rings. The van der Waals surface area contributed by atoms with Crippen LogP contribution in [0.5, 0.6) is 11.5 Å². The lowest BCUT2D eigenvalue weighted by molar-refractivity contribution is 0.0476. The highest BCUT2D eigenvalue weighted by Gasteiger charge is 2.13. The highest BCUT2D eigenvalue weighted by atomic mass is 32.2. The van der Waals surface area contributed by atoms with Crippen molar-refractivity contribution in [1.82, 2.24) is 0 Å². The molecule has 0 aromatic heterocycles. The second-order valence-corrected chi connectivity index (χ2v) is 6.04. The van der Waals surface area contributed by atoms with Crippen LogP contribution in [0.25, 0.3) is 0 Å². The van der Waals surface area contributed by atoms with E-state index in [2.05, 4.69) is 0 Å². The van der Waals surface area contributed by atoms with Gasteiger partial charge < -0.3 is 18.9 Å². The number of benzene rings is 2. The summed E-state index contributed by atoms with van der Waals surface area (Å²) in [5.74, 6) is 0.461. The molecule has 0 amide bonds. The third-order valence-corrected chi connectivity index (χ3v) is 4.28. The van der Waals surface area contributed by atoms with Crippen LogP contribution in [0, 0.1) is 11.6 Å². The van der Waals surface area contributed by atoms with Crippen molar-refractivity contribution in [3.63, 3.8) is 0 Å². The van der Waals surface area contributed by atoms with Crippen LogP contribution in [0.15, 0.2) is 36.4 Å². The molecule has 136 valence electrons. The van der Waals surface area contributed by atoms with Crippen LogP contribution >= 0.6 is 11.8 Å². The second-order valence-electron chi connectivity index (χ2n) is 5.05. The molecular formula is C18H20F2O4S. The average Bonchev–Trinajstić information content (AvgIpc) is 2.60. The molecule has 0 N–H and O–H groups in total. The Morgan fingerprint density at radius 3 is 1.60 bits per heavy atom. The van der Waals surface area contributed by atoms with Gasteiger partial charge in [0.1, 0.15) is 0 Å². The molecule has 2 rings (SSSR count). The van der Waals surface area contributed by atoms with Gasteiger partial charge in [-0.1, -0.05) is 24.3 Å². The largest absolute Gasteiger partial charge is 0.464 e. The summed E-state index contributed by atoms with van der Waals surface area (Å²) in [7, 11) is 2.95. The minimum absolute atomic E-state index is 0.0303. The second kappa shape index (κ2) is 10.2.